The second-order valence-corrected chi connectivity index (χ2v) is 5.64. The van der Waals surface area contributed by atoms with Gasteiger partial charge in [-0.25, -0.2) is 4.79 Å². The summed E-state index contributed by atoms with van der Waals surface area (Å²) in [5.41, 5.74) is 6.48. The molecule has 0 aromatic carbocycles. The summed E-state index contributed by atoms with van der Waals surface area (Å²) in [5, 5.41) is 4.04. The topological polar surface area (TPSA) is 77.2 Å². The van der Waals surface area contributed by atoms with E-state index >= 15 is 0 Å². The Kier molecular flexibility index (Phi) is 3.75. The van der Waals surface area contributed by atoms with Gasteiger partial charge >= 0.3 is 5.97 Å². The van der Waals surface area contributed by atoms with Gasteiger partial charge in [0.25, 0.3) is 0 Å². The van der Waals surface area contributed by atoms with E-state index in [-0.39, 0.29) is 5.82 Å². The van der Waals surface area contributed by atoms with Crippen molar-refractivity contribution < 1.29 is 9.53 Å². The van der Waals surface area contributed by atoms with E-state index in [9.17, 15) is 4.79 Å². The molecule has 0 amide bonds. The largest absolute Gasteiger partial charge is 0.465 e. The molecule has 100 valence electrons. The molecule has 0 spiro atoms. The van der Waals surface area contributed by atoms with Crippen molar-refractivity contribution >= 4 is 28.3 Å². The smallest absolute Gasteiger partial charge is 0.344 e. The molecular weight excluding hydrogens is 250 g/mol. The number of carbonyl (C=O) groups is 1. The molecule has 0 aliphatic heterocycles. The Morgan fingerprint density at radius 2 is 2.33 bits per heavy atom. The molecule has 1 fully saturated rings. The van der Waals surface area contributed by atoms with Crippen molar-refractivity contribution in [1.29, 1.82) is 0 Å². The highest BCUT2D eigenvalue weighted by molar-refractivity contribution is 7.11. The Hall–Kier alpha value is -1.30. The molecular formula is C12H19N3O2S. The van der Waals surface area contributed by atoms with Crippen LogP contribution in [0.3, 0.4) is 0 Å². The van der Waals surface area contributed by atoms with Crippen LogP contribution >= 0.6 is 11.5 Å². The van der Waals surface area contributed by atoms with Crippen LogP contribution < -0.4 is 11.1 Å². The van der Waals surface area contributed by atoms with Crippen LogP contribution in [0.25, 0.3) is 0 Å². The number of nitrogens with one attached hydrogen (secondary N) is 1. The van der Waals surface area contributed by atoms with Gasteiger partial charge in [0.05, 0.1) is 7.11 Å². The fraction of sp³-hybridized carbons (Fsp3) is 0.667. The second-order valence-electron chi connectivity index (χ2n) is 4.87. The molecule has 18 heavy (non-hydrogen) atoms. The van der Waals surface area contributed by atoms with Gasteiger partial charge in [0.2, 0.25) is 0 Å². The molecule has 0 unspecified atom stereocenters. The fourth-order valence-electron chi connectivity index (χ4n) is 2.21. The standard InChI is InChI=1S/C12H19N3O2S/c1-3-4-12(5-6-12)7-14-10-8(11(16)17-2)9(13)15-18-10/h14H,3-7H2,1-2H3,(H2,13,15). The Bertz CT molecular complexity index is 441. The van der Waals surface area contributed by atoms with E-state index in [4.69, 9.17) is 10.5 Å². The zero-order chi connectivity index (χ0) is 13.2. The van der Waals surface area contributed by atoms with Gasteiger partial charge in [-0.3, -0.25) is 0 Å². The monoisotopic (exact) mass is 269 g/mol. The molecule has 1 aliphatic rings. The number of rotatable bonds is 6. The number of nitrogen functional groups attached to an aromatic ring is 1. The number of carbonyl (C=O) groups excluding carboxylic acids is 1. The van der Waals surface area contributed by atoms with Gasteiger partial charge in [-0.15, -0.1) is 0 Å². The lowest BCUT2D eigenvalue weighted by molar-refractivity contribution is 0.0603. The van der Waals surface area contributed by atoms with Crippen LogP contribution in [-0.4, -0.2) is 24.0 Å². The minimum absolute atomic E-state index is 0.245. The first kappa shape index (κ1) is 13.1. The maximum Gasteiger partial charge on any atom is 0.344 e. The van der Waals surface area contributed by atoms with E-state index < -0.39 is 5.97 Å². The van der Waals surface area contributed by atoms with Gasteiger partial charge in [0.1, 0.15) is 10.6 Å². The third-order valence-electron chi connectivity index (χ3n) is 3.47. The second kappa shape index (κ2) is 5.14. The lowest BCUT2D eigenvalue weighted by atomic mass is 10.0. The maximum atomic E-state index is 11.6. The summed E-state index contributed by atoms with van der Waals surface area (Å²) in [6, 6.07) is 0. The Morgan fingerprint density at radius 3 is 2.89 bits per heavy atom. The number of hydrogen-bond acceptors (Lipinski definition) is 6. The number of anilines is 2. The van der Waals surface area contributed by atoms with Crippen LogP contribution in [0.4, 0.5) is 10.8 Å². The minimum atomic E-state index is -0.427. The first-order chi connectivity index (χ1) is 8.62. The van der Waals surface area contributed by atoms with Crippen LogP contribution in [-0.2, 0) is 4.74 Å². The van der Waals surface area contributed by atoms with E-state index in [1.54, 1.807) is 0 Å². The number of methoxy groups -OCH3 is 1. The summed E-state index contributed by atoms with van der Waals surface area (Å²) in [6.07, 6.45) is 4.93. The summed E-state index contributed by atoms with van der Waals surface area (Å²) in [6.45, 7) is 3.08. The van der Waals surface area contributed by atoms with Crippen molar-refractivity contribution in [3.63, 3.8) is 0 Å². The fourth-order valence-corrected chi connectivity index (χ4v) is 2.91. The van der Waals surface area contributed by atoms with Gasteiger partial charge in [0.15, 0.2) is 5.82 Å². The van der Waals surface area contributed by atoms with Crippen molar-refractivity contribution in [2.24, 2.45) is 5.41 Å². The maximum absolute atomic E-state index is 11.6. The SMILES string of the molecule is CCCC1(CNc2snc(N)c2C(=O)OC)CC1. The molecule has 0 atom stereocenters. The number of esters is 1. The zero-order valence-electron chi connectivity index (χ0n) is 10.8. The third kappa shape index (κ3) is 2.58. The predicted octanol–water partition coefficient (Wildman–Crippen LogP) is 2.50. The lowest BCUT2D eigenvalue weighted by Gasteiger charge is -2.15. The molecule has 0 saturated heterocycles. The van der Waals surface area contributed by atoms with Gasteiger partial charge in [-0.2, -0.15) is 4.37 Å². The Labute approximate surface area is 111 Å². The number of aromatic nitrogens is 1. The highest BCUT2D eigenvalue weighted by atomic mass is 32.1. The van der Waals surface area contributed by atoms with Gasteiger partial charge in [0, 0.05) is 6.54 Å². The van der Waals surface area contributed by atoms with Crippen molar-refractivity contribution in [3.8, 4) is 0 Å². The summed E-state index contributed by atoms with van der Waals surface area (Å²) in [4.78, 5) is 11.6. The molecule has 1 heterocycles. The number of nitrogens with zero attached hydrogens (tertiary/aromatic N) is 1. The van der Waals surface area contributed by atoms with Crippen molar-refractivity contribution in [2.45, 2.75) is 32.6 Å². The molecule has 0 bridgehead atoms. The lowest BCUT2D eigenvalue weighted by Crippen LogP contribution is -2.16. The highest BCUT2D eigenvalue weighted by Crippen LogP contribution is 2.49. The molecule has 1 aromatic rings. The van der Waals surface area contributed by atoms with Crippen LogP contribution in [0.5, 0.6) is 0 Å². The van der Waals surface area contributed by atoms with Crippen LogP contribution in [0.1, 0.15) is 43.0 Å². The van der Waals surface area contributed by atoms with E-state index in [1.165, 1.54) is 44.3 Å². The minimum Gasteiger partial charge on any atom is -0.465 e. The van der Waals surface area contributed by atoms with E-state index in [2.05, 4.69) is 16.6 Å². The van der Waals surface area contributed by atoms with Crippen LogP contribution in [0.15, 0.2) is 0 Å². The average molecular weight is 269 g/mol. The number of ether oxygens (including phenoxy) is 1. The van der Waals surface area contributed by atoms with E-state index in [1.807, 2.05) is 0 Å². The predicted molar refractivity (Wildman–Crippen MR) is 72.9 cm³/mol. The zero-order valence-corrected chi connectivity index (χ0v) is 11.6. The van der Waals surface area contributed by atoms with Gasteiger partial charge < -0.3 is 15.8 Å². The third-order valence-corrected chi connectivity index (χ3v) is 4.29. The molecule has 1 aliphatic carbocycles. The number of nitrogens with two attached hydrogens (primary N) is 1. The van der Waals surface area contributed by atoms with Crippen molar-refractivity contribution in [2.75, 3.05) is 24.7 Å². The number of hydrogen-bond donors (Lipinski definition) is 2. The molecule has 1 saturated carbocycles. The van der Waals surface area contributed by atoms with E-state index in [0.29, 0.717) is 11.0 Å². The average Bonchev–Trinajstić information content (AvgIpc) is 3.03. The Balaban J connectivity index is 2.04. The molecule has 0 radical (unpaired) electrons. The van der Waals surface area contributed by atoms with Crippen LogP contribution in [0, 0.1) is 5.41 Å². The summed E-state index contributed by atoms with van der Waals surface area (Å²) in [7, 11) is 1.35. The molecule has 5 nitrogen and oxygen atoms in total. The molecule has 1 aromatic heterocycles. The molecule has 6 heteroatoms. The van der Waals surface area contributed by atoms with Crippen molar-refractivity contribution in [1.82, 2.24) is 4.37 Å². The first-order valence-electron chi connectivity index (χ1n) is 6.19. The normalized spacial score (nSPS) is 16.3. The highest BCUT2D eigenvalue weighted by Gasteiger charge is 2.41. The van der Waals surface area contributed by atoms with Gasteiger partial charge in [-0.1, -0.05) is 13.3 Å². The quantitative estimate of drug-likeness (QED) is 0.776. The van der Waals surface area contributed by atoms with E-state index in [0.717, 1.165) is 11.5 Å². The summed E-state index contributed by atoms with van der Waals surface area (Å²) >= 11 is 1.22. The summed E-state index contributed by atoms with van der Waals surface area (Å²) in [5.74, 6) is -0.182. The van der Waals surface area contributed by atoms with Gasteiger partial charge in [-0.05, 0) is 36.2 Å². The Morgan fingerprint density at radius 1 is 1.61 bits per heavy atom. The first-order valence-corrected chi connectivity index (χ1v) is 6.96. The van der Waals surface area contributed by atoms with Crippen molar-refractivity contribution in [3.05, 3.63) is 5.56 Å². The molecule has 2 rings (SSSR count). The molecule has 3 N–H and O–H groups in total. The summed E-state index contributed by atoms with van der Waals surface area (Å²) < 4.78 is 8.73. The van der Waals surface area contributed by atoms with Crippen LogP contribution in [0.2, 0.25) is 0 Å².